The molecule has 4 nitrogen and oxygen atoms in total. The van der Waals surface area contributed by atoms with Gasteiger partial charge in [-0.3, -0.25) is 4.79 Å². The van der Waals surface area contributed by atoms with E-state index in [1.165, 1.54) is 28.7 Å². The van der Waals surface area contributed by atoms with E-state index in [1.807, 2.05) is 6.08 Å². The van der Waals surface area contributed by atoms with E-state index in [4.69, 9.17) is 9.84 Å². The number of unbranched alkanes of at least 4 members (excludes halogenated alkanes) is 2. The summed E-state index contributed by atoms with van der Waals surface area (Å²) in [6.07, 6.45) is 13.9. The average Bonchev–Trinajstić information content (AvgIpc) is 2.88. The highest BCUT2D eigenvalue weighted by Gasteiger charge is 2.31. The number of aryl methyl sites for hydroxylation is 2. The van der Waals surface area contributed by atoms with Crippen LogP contribution >= 0.6 is 0 Å². The molecule has 1 saturated carbocycles. The normalized spacial score (nSPS) is 15.7. The summed E-state index contributed by atoms with van der Waals surface area (Å²) in [6.45, 7) is 9.41. The van der Waals surface area contributed by atoms with Crippen LogP contribution in [0.25, 0.3) is 6.08 Å². The summed E-state index contributed by atoms with van der Waals surface area (Å²) in [5.74, 6) is 0.169. The van der Waals surface area contributed by atoms with Gasteiger partial charge in [-0.25, -0.2) is 0 Å². The zero-order chi connectivity index (χ0) is 26.9. The molecule has 0 amide bonds. The minimum atomic E-state index is -0.734. The maximum absolute atomic E-state index is 10.9. The van der Waals surface area contributed by atoms with Crippen LogP contribution in [0.1, 0.15) is 112 Å². The van der Waals surface area contributed by atoms with Crippen molar-refractivity contribution < 1.29 is 19.7 Å². The summed E-state index contributed by atoms with van der Waals surface area (Å²) in [4.78, 5) is 10.7. The fraction of sp³-hybridized carbons (Fsp3) is 0.545. The van der Waals surface area contributed by atoms with Gasteiger partial charge in [-0.15, -0.1) is 0 Å². The third kappa shape index (κ3) is 7.47. The first-order chi connectivity index (χ1) is 17.7. The van der Waals surface area contributed by atoms with E-state index < -0.39 is 11.6 Å². The Hall–Kier alpha value is -2.59. The number of carboxylic acid groups (broad SMARTS) is 1. The van der Waals surface area contributed by atoms with E-state index in [1.54, 1.807) is 0 Å². The molecular weight excluding hydrogens is 460 g/mol. The van der Waals surface area contributed by atoms with Crippen LogP contribution in [0.3, 0.4) is 0 Å². The first-order valence-electron chi connectivity index (χ1n) is 14.2. The van der Waals surface area contributed by atoms with Crippen LogP contribution in [0.2, 0.25) is 0 Å². The average molecular weight is 507 g/mol. The fourth-order valence-electron chi connectivity index (χ4n) is 5.82. The molecule has 2 aromatic carbocycles. The summed E-state index contributed by atoms with van der Waals surface area (Å²) in [5, 5.41) is 19.6. The largest absolute Gasteiger partial charge is 0.493 e. The highest BCUT2D eigenvalue weighted by Crippen LogP contribution is 2.41. The lowest BCUT2D eigenvalue weighted by Gasteiger charge is -2.34. The molecule has 0 bridgehead atoms. The molecular formula is C33H46O4. The second-order valence-corrected chi connectivity index (χ2v) is 10.9. The Morgan fingerprint density at radius 1 is 0.946 bits per heavy atom. The Kier molecular flexibility index (Phi) is 10.4. The van der Waals surface area contributed by atoms with Gasteiger partial charge in [-0.05, 0) is 92.7 Å². The minimum Gasteiger partial charge on any atom is -0.493 e. The number of ether oxygens (including phenoxy) is 1. The molecule has 37 heavy (non-hydrogen) atoms. The van der Waals surface area contributed by atoms with Gasteiger partial charge in [0.05, 0.1) is 12.2 Å². The van der Waals surface area contributed by atoms with E-state index in [9.17, 15) is 9.90 Å². The molecule has 0 saturated heterocycles. The second kappa shape index (κ2) is 13.3. The number of hydrogen-bond acceptors (Lipinski definition) is 3. The molecule has 0 aliphatic heterocycles. The fourth-order valence-corrected chi connectivity index (χ4v) is 5.82. The van der Waals surface area contributed by atoms with Crippen LogP contribution < -0.4 is 4.74 Å². The van der Waals surface area contributed by atoms with Crippen LogP contribution in [-0.2, 0) is 10.2 Å². The molecule has 202 valence electrons. The maximum atomic E-state index is 10.9. The van der Waals surface area contributed by atoms with Crippen molar-refractivity contribution in [2.75, 3.05) is 6.61 Å². The minimum absolute atomic E-state index is 0.0747. The Balaban J connectivity index is 1.75. The lowest BCUT2D eigenvalue weighted by atomic mass is 9.70. The van der Waals surface area contributed by atoms with E-state index >= 15 is 0 Å². The van der Waals surface area contributed by atoms with Crippen LogP contribution in [0.5, 0.6) is 5.75 Å². The molecule has 0 unspecified atom stereocenters. The van der Waals surface area contributed by atoms with Gasteiger partial charge >= 0.3 is 5.97 Å². The van der Waals surface area contributed by atoms with Crippen molar-refractivity contribution in [2.24, 2.45) is 0 Å². The Labute approximate surface area is 223 Å². The van der Waals surface area contributed by atoms with E-state index in [-0.39, 0.29) is 11.8 Å². The van der Waals surface area contributed by atoms with Gasteiger partial charge in [-0.1, -0.05) is 75.6 Å². The van der Waals surface area contributed by atoms with Crippen molar-refractivity contribution in [2.45, 2.75) is 109 Å². The summed E-state index contributed by atoms with van der Waals surface area (Å²) in [5.41, 5.74) is 5.45. The topological polar surface area (TPSA) is 66.8 Å². The SMILES string of the molecule is CCC(CC)(c1ccc(/C=C/C2(O)CCCCC2)c(C)c1)c1ccc(OCCCCCC(=O)O)c(C)c1. The van der Waals surface area contributed by atoms with Gasteiger partial charge in [0.15, 0.2) is 0 Å². The van der Waals surface area contributed by atoms with Crippen LogP contribution in [0.15, 0.2) is 42.5 Å². The predicted octanol–water partition coefficient (Wildman–Crippen LogP) is 8.14. The third-order valence-electron chi connectivity index (χ3n) is 8.34. The molecule has 1 fully saturated rings. The van der Waals surface area contributed by atoms with Crippen molar-refractivity contribution in [3.05, 3.63) is 70.3 Å². The lowest BCUT2D eigenvalue weighted by molar-refractivity contribution is -0.137. The highest BCUT2D eigenvalue weighted by molar-refractivity contribution is 5.66. The summed E-state index contributed by atoms with van der Waals surface area (Å²) >= 11 is 0. The van der Waals surface area contributed by atoms with E-state index in [0.717, 1.165) is 62.7 Å². The van der Waals surface area contributed by atoms with E-state index in [0.29, 0.717) is 13.0 Å². The molecule has 0 atom stereocenters. The Morgan fingerprint density at radius 3 is 2.19 bits per heavy atom. The van der Waals surface area contributed by atoms with Crippen molar-refractivity contribution in [1.82, 2.24) is 0 Å². The highest BCUT2D eigenvalue weighted by atomic mass is 16.5. The lowest BCUT2D eigenvalue weighted by Crippen LogP contribution is -2.28. The number of benzene rings is 2. The number of carbonyl (C=O) groups is 1. The zero-order valence-corrected chi connectivity index (χ0v) is 23.3. The standard InChI is InChI=1S/C33H46O4/c1-5-33(6-2,29-16-17-30(26(4)24-29)37-22-12-7-9-13-31(34)35)28-15-14-27(25(3)23-28)18-21-32(36)19-10-8-11-20-32/h14-18,21,23-24,36H,5-13,19-20,22H2,1-4H3,(H,34,35)/b21-18+. The molecule has 2 N–H and O–H groups in total. The van der Waals surface area contributed by atoms with Crippen LogP contribution in [0.4, 0.5) is 0 Å². The molecule has 2 aromatic rings. The van der Waals surface area contributed by atoms with Gasteiger partial charge in [-0.2, -0.15) is 0 Å². The number of rotatable bonds is 13. The van der Waals surface area contributed by atoms with Gasteiger partial charge in [0.1, 0.15) is 5.75 Å². The van der Waals surface area contributed by atoms with Crippen molar-refractivity contribution in [1.29, 1.82) is 0 Å². The molecule has 1 aliphatic carbocycles. The quantitative estimate of drug-likeness (QED) is 0.269. The smallest absolute Gasteiger partial charge is 0.303 e. The number of aliphatic hydroxyl groups is 1. The van der Waals surface area contributed by atoms with Gasteiger partial charge in [0.25, 0.3) is 0 Å². The number of carboxylic acids is 1. The van der Waals surface area contributed by atoms with Gasteiger partial charge in [0, 0.05) is 11.8 Å². The molecule has 1 aliphatic rings. The van der Waals surface area contributed by atoms with Crippen molar-refractivity contribution in [3.8, 4) is 5.75 Å². The molecule has 4 heteroatoms. The van der Waals surface area contributed by atoms with E-state index in [2.05, 4.69) is 70.2 Å². The summed E-state index contributed by atoms with van der Waals surface area (Å²) in [6, 6.07) is 13.4. The van der Waals surface area contributed by atoms with Gasteiger partial charge < -0.3 is 14.9 Å². The third-order valence-corrected chi connectivity index (χ3v) is 8.34. The monoisotopic (exact) mass is 506 g/mol. The van der Waals surface area contributed by atoms with Crippen LogP contribution in [0, 0.1) is 13.8 Å². The first kappa shape index (κ1) is 29.0. The predicted molar refractivity (Wildman–Crippen MR) is 152 cm³/mol. The van der Waals surface area contributed by atoms with Crippen molar-refractivity contribution >= 4 is 12.0 Å². The Morgan fingerprint density at radius 2 is 1.59 bits per heavy atom. The van der Waals surface area contributed by atoms with Crippen molar-refractivity contribution in [3.63, 3.8) is 0 Å². The van der Waals surface area contributed by atoms with Crippen LogP contribution in [-0.4, -0.2) is 28.4 Å². The first-order valence-corrected chi connectivity index (χ1v) is 14.2. The molecule has 3 rings (SSSR count). The molecule has 0 aromatic heterocycles. The molecule has 0 radical (unpaired) electrons. The maximum Gasteiger partial charge on any atom is 0.303 e. The summed E-state index contributed by atoms with van der Waals surface area (Å²) in [7, 11) is 0. The molecule has 0 heterocycles. The number of hydrogen-bond donors (Lipinski definition) is 2. The zero-order valence-electron chi connectivity index (χ0n) is 23.3. The Bertz CT molecular complexity index is 1060. The second-order valence-electron chi connectivity index (χ2n) is 10.9. The number of aliphatic carboxylic acids is 1. The van der Waals surface area contributed by atoms with Gasteiger partial charge in [0.2, 0.25) is 0 Å². The molecule has 0 spiro atoms. The summed E-state index contributed by atoms with van der Waals surface area (Å²) < 4.78 is 6.03.